The number of phenols is 2. The van der Waals surface area contributed by atoms with E-state index in [9.17, 15) is 27.5 Å². The van der Waals surface area contributed by atoms with Crippen LogP contribution in [-0.4, -0.2) is 23.7 Å². The molecular formula is C33H25BF4N2O2. The lowest BCUT2D eigenvalue weighted by Crippen LogP contribution is -2.09. The first-order valence-electron chi connectivity index (χ1n) is 13.0. The van der Waals surface area contributed by atoms with Gasteiger partial charge in [-0.05, 0) is 72.3 Å². The number of allylic oxidation sites excluding steroid dienone is 1. The number of benzene rings is 5. The van der Waals surface area contributed by atoms with E-state index in [1.165, 1.54) is 0 Å². The van der Waals surface area contributed by atoms with Crippen molar-refractivity contribution in [2.24, 2.45) is 0 Å². The van der Waals surface area contributed by atoms with E-state index in [2.05, 4.69) is 88.3 Å². The van der Waals surface area contributed by atoms with Crippen molar-refractivity contribution in [1.82, 2.24) is 4.58 Å². The summed E-state index contributed by atoms with van der Waals surface area (Å²) in [7, 11) is -6.00. The van der Waals surface area contributed by atoms with Gasteiger partial charge < -0.3 is 32.4 Å². The molecule has 0 atom stereocenters. The Balaban J connectivity index is 0.000000652. The van der Waals surface area contributed by atoms with Gasteiger partial charge in [0.25, 0.3) is 0 Å². The van der Waals surface area contributed by atoms with Crippen LogP contribution >= 0.6 is 0 Å². The Morgan fingerprint density at radius 2 is 1.00 bits per heavy atom. The molecule has 0 radical (unpaired) electrons. The van der Waals surface area contributed by atoms with Crippen LogP contribution in [0.15, 0.2) is 127 Å². The lowest BCUT2D eigenvalue weighted by Gasteiger charge is -2.25. The molecule has 5 aromatic carbocycles. The average Bonchev–Trinajstić information content (AvgIpc) is 3.26. The van der Waals surface area contributed by atoms with E-state index in [0.29, 0.717) is 0 Å². The maximum atomic E-state index is 10.0. The number of aromatic hydroxyl groups is 2. The van der Waals surface area contributed by atoms with Gasteiger partial charge in [-0.2, -0.15) is 4.58 Å². The van der Waals surface area contributed by atoms with E-state index in [-0.39, 0.29) is 11.5 Å². The molecule has 0 saturated carbocycles. The van der Waals surface area contributed by atoms with Crippen molar-refractivity contribution < 1.29 is 27.5 Å². The first-order valence-corrected chi connectivity index (χ1v) is 13.0. The van der Waals surface area contributed by atoms with Gasteiger partial charge in [0, 0.05) is 35.3 Å². The van der Waals surface area contributed by atoms with E-state index in [1.807, 2.05) is 36.6 Å². The van der Waals surface area contributed by atoms with Gasteiger partial charge in [-0.25, -0.2) is 0 Å². The molecular weight excluding hydrogens is 543 g/mol. The summed E-state index contributed by atoms with van der Waals surface area (Å²) in [5.74, 6) is 0.399. The quantitative estimate of drug-likeness (QED) is 0.124. The minimum atomic E-state index is -6.00. The van der Waals surface area contributed by atoms with Crippen molar-refractivity contribution in [3.63, 3.8) is 0 Å². The third-order valence-corrected chi connectivity index (χ3v) is 6.47. The Bertz CT molecular complexity index is 1640. The summed E-state index contributed by atoms with van der Waals surface area (Å²) in [5.41, 5.74) is 8.07. The summed E-state index contributed by atoms with van der Waals surface area (Å²) in [5, 5.41) is 20.0. The van der Waals surface area contributed by atoms with Gasteiger partial charge in [0.15, 0.2) is 6.21 Å². The van der Waals surface area contributed by atoms with Crippen molar-refractivity contribution in [2.45, 2.75) is 0 Å². The molecule has 4 nitrogen and oxygen atoms in total. The molecule has 42 heavy (non-hydrogen) atoms. The highest BCUT2D eigenvalue weighted by atomic mass is 19.5. The second-order valence-electron chi connectivity index (χ2n) is 9.37. The molecule has 0 fully saturated rings. The molecule has 0 amide bonds. The Morgan fingerprint density at radius 3 is 1.45 bits per heavy atom. The van der Waals surface area contributed by atoms with E-state index >= 15 is 0 Å². The number of nitrogens with zero attached hydrogens (tertiary/aromatic N) is 2. The standard InChI is InChI=1S/C33H24N2O2.BF4/c36-28-17-19-32-30(22-28)31-23-29(37)18-20-33(31)34(32)21-7-8-24-13-15-27(16-14-24)35(25-9-3-1-4-10-25)26-11-5-2-6-12-26;2-1(3,4)5/h1-23H,(H-,36,37);/q;-1/p+1. The molecule has 0 spiro atoms. The number of phenolic OH excluding ortho intramolecular Hbond substituents is 2. The summed E-state index contributed by atoms with van der Waals surface area (Å²) >= 11 is 0. The summed E-state index contributed by atoms with van der Waals surface area (Å²) in [6.45, 7) is 0. The molecule has 0 aromatic heterocycles. The highest BCUT2D eigenvalue weighted by Gasteiger charge is 2.31. The minimum absolute atomic E-state index is 0.200. The van der Waals surface area contributed by atoms with E-state index in [1.54, 1.807) is 24.3 Å². The molecule has 9 heteroatoms. The summed E-state index contributed by atoms with van der Waals surface area (Å²) in [4.78, 5) is 2.24. The molecule has 1 heterocycles. The van der Waals surface area contributed by atoms with Gasteiger partial charge >= 0.3 is 7.25 Å². The van der Waals surface area contributed by atoms with Crippen LogP contribution in [0.1, 0.15) is 5.56 Å². The zero-order valence-electron chi connectivity index (χ0n) is 22.2. The van der Waals surface area contributed by atoms with E-state index in [0.717, 1.165) is 45.1 Å². The number of hydrogen-bond acceptors (Lipinski definition) is 3. The first-order chi connectivity index (χ1) is 20.2. The van der Waals surface area contributed by atoms with Crippen LogP contribution in [0.4, 0.5) is 45.7 Å². The van der Waals surface area contributed by atoms with Crippen LogP contribution < -0.4 is 9.48 Å². The zero-order valence-corrected chi connectivity index (χ0v) is 22.2. The summed E-state index contributed by atoms with van der Waals surface area (Å²) in [6, 6.07) is 39.8. The fourth-order valence-electron chi connectivity index (χ4n) is 4.77. The largest absolute Gasteiger partial charge is 0.673 e. The topological polar surface area (TPSA) is 46.7 Å². The van der Waals surface area contributed by atoms with Crippen molar-refractivity contribution in [3.05, 3.63) is 133 Å². The second kappa shape index (κ2) is 12.1. The van der Waals surface area contributed by atoms with Gasteiger partial charge in [-0.3, -0.25) is 0 Å². The summed E-state index contributed by atoms with van der Waals surface area (Å²) in [6.07, 6.45) is 6.09. The maximum absolute atomic E-state index is 10.0. The lowest BCUT2D eigenvalue weighted by atomic mass is 10.1. The SMILES string of the molecule is F[B-](F)(F)F.Oc1ccc2c(c1)-c1cc(O)ccc1[N+]2=C/C=C/c1ccc(N(c2ccccc2)c2ccccc2)cc1. The third kappa shape index (κ3) is 6.70. The summed E-state index contributed by atoms with van der Waals surface area (Å²) < 4.78 is 41.1. The van der Waals surface area contributed by atoms with Crippen molar-refractivity contribution in [3.8, 4) is 22.6 Å². The number of para-hydroxylation sites is 2. The van der Waals surface area contributed by atoms with Gasteiger partial charge in [-0.15, -0.1) is 0 Å². The molecule has 1 aliphatic heterocycles. The highest BCUT2D eigenvalue weighted by Crippen LogP contribution is 2.47. The Labute approximate surface area is 240 Å². The molecule has 6 rings (SSSR count). The molecule has 0 bridgehead atoms. The third-order valence-electron chi connectivity index (χ3n) is 6.47. The Morgan fingerprint density at radius 1 is 0.571 bits per heavy atom. The fraction of sp³-hybridized carbons (Fsp3) is 0. The van der Waals surface area contributed by atoms with Crippen LogP contribution in [0.2, 0.25) is 0 Å². The number of fused-ring (bicyclic) bond motifs is 3. The van der Waals surface area contributed by atoms with Gasteiger partial charge in [0.05, 0.1) is 11.1 Å². The van der Waals surface area contributed by atoms with Gasteiger partial charge in [-0.1, -0.05) is 48.5 Å². The molecule has 1 aliphatic rings. The smallest absolute Gasteiger partial charge is 0.508 e. The molecule has 0 aliphatic carbocycles. The molecule has 5 aromatic rings. The van der Waals surface area contributed by atoms with E-state index in [4.69, 9.17) is 0 Å². The van der Waals surface area contributed by atoms with Crippen molar-refractivity contribution in [1.29, 1.82) is 0 Å². The first kappa shape index (κ1) is 28.2. The lowest BCUT2D eigenvalue weighted by molar-refractivity contribution is 0.368. The van der Waals surface area contributed by atoms with Crippen LogP contribution in [-0.2, 0) is 0 Å². The predicted octanol–water partition coefficient (Wildman–Crippen LogP) is 9.47. The molecule has 0 saturated heterocycles. The zero-order chi connectivity index (χ0) is 29.7. The highest BCUT2D eigenvalue weighted by molar-refractivity contribution is 6.50. The monoisotopic (exact) mass is 568 g/mol. The van der Waals surface area contributed by atoms with Gasteiger partial charge in [0.1, 0.15) is 11.5 Å². The normalized spacial score (nSPS) is 11.9. The molecule has 210 valence electrons. The average molecular weight is 568 g/mol. The maximum Gasteiger partial charge on any atom is 0.673 e. The molecule has 0 unspecified atom stereocenters. The number of rotatable bonds is 5. The fourth-order valence-corrected chi connectivity index (χ4v) is 4.77. The predicted molar refractivity (Wildman–Crippen MR) is 163 cm³/mol. The van der Waals surface area contributed by atoms with Crippen LogP contribution in [0, 0.1) is 0 Å². The van der Waals surface area contributed by atoms with Crippen LogP contribution in [0.3, 0.4) is 0 Å². The van der Waals surface area contributed by atoms with Crippen LogP contribution in [0.25, 0.3) is 17.2 Å². The number of hydrogen-bond donors (Lipinski definition) is 2. The Kier molecular flexibility index (Phi) is 8.11. The van der Waals surface area contributed by atoms with Crippen molar-refractivity contribution in [2.75, 3.05) is 4.90 Å². The number of anilines is 3. The number of halogens is 4. The minimum Gasteiger partial charge on any atom is -0.508 e. The second-order valence-corrected chi connectivity index (χ2v) is 9.37. The Hall–Kier alpha value is -5.31. The molecule has 2 N–H and O–H groups in total. The van der Waals surface area contributed by atoms with Gasteiger partial charge in [0.2, 0.25) is 11.4 Å². The van der Waals surface area contributed by atoms with Crippen molar-refractivity contribution >= 4 is 48.0 Å². The van der Waals surface area contributed by atoms with E-state index < -0.39 is 7.25 Å². The van der Waals surface area contributed by atoms with Crippen LogP contribution in [0.5, 0.6) is 11.5 Å².